The average molecular weight is 433 g/mol. The molecule has 1 atom stereocenters. The predicted molar refractivity (Wildman–Crippen MR) is 123 cm³/mol. The number of methoxy groups -OCH3 is 2. The Hall–Kier alpha value is -2.52. The van der Waals surface area contributed by atoms with Gasteiger partial charge in [-0.05, 0) is 24.1 Å². The van der Waals surface area contributed by atoms with Crippen LogP contribution in [0.15, 0.2) is 28.6 Å². The molecule has 3 rings (SSSR count). The molecule has 0 saturated carbocycles. The van der Waals surface area contributed by atoms with Gasteiger partial charge in [0.05, 0.1) is 26.5 Å². The second-order valence-corrected chi connectivity index (χ2v) is 8.36. The van der Waals surface area contributed by atoms with Crippen LogP contribution in [0.3, 0.4) is 0 Å². The van der Waals surface area contributed by atoms with Crippen molar-refractivity contribution < 1.29 is 9.47 Å². The fraction of sp³-hybridized carbons (Fsp3) is 0.524. The normalized spacial score (nSPS) is 17.1. The summed E-state index contributed by atoms with van der Waals surface area (Å²) < 4.78 is 10.8. The monoisotopic (exact) mass is 432 g/mol. The average Bonchev–Trinajstić information content (AvgIpc) is 3.40. The van der Waals surface area contributed by atoms with Gasteiger partial charge in [-0.25, -0.2) is 4.98 Å². The molecule has 2 N–H and O–H groups in total. The second-order valence-electron chi connectivity index (χ2n) is 7.53. The zero-order valence-corrected chi connectivity index (χ0v) is 19.3. The Morgan fingerprint density at radius 3 is 2.60 bits per heavy atom. The Balaban J connectivity index is 1.49. The first kappa shape index (κ1) is 22.2. The maximum absolute atomic E-state index is 5.39. The van der Waals surface area contributed by atoms with Gasteiger partial charge >= 0.3 is 0 Å². The van der Waals surface area contributed by atoms with Crippen LogP contribution in [0.4, 0.5) is 5.13 Å². The molecule has 2 heterocycles. The van der Waals surface area contributed by atoms with E-state index in [4.69, 9.17) is 9.47 Å². The highest BCUT2D eigenvalue weighted by Gasteiger charge is 2.23. The number of aromatic nitrogens is 1. The number of nitrogens with zero attached hydrogens (tertiary/aromatic N) is 4. The summed E-state index contributed by atoms with van der Waals surface area (Å²) in [7, 11) is 9.17. The Labute approximate surface area is 182 Å². The first-order chi connectivity index (χ1) is 14.5. The molecule has 8 nitrogen and oxygen atoms in total. The fourth-order valence-corrected chi connectivity index (χ4v) is 4.21. The molecule has 0 amide bonds. The topological polar surface area (TPSA) is 74.3 Å². The van der Waals surface area contributed by atoms with Crippen molar-refractivity contribution in [2.75, 3.05) is 53.4 Å². The van der Waals surface area contributed by atoms with E-state index in [0.717, 1.165) is 54.3 Å². The van der Waals surface area contributed by atoms with E-state index in [-0.39, 0.29) is 0 Å². The van der Waals surface area contributed by atoms with Crippen molar-refractivity contribution in [2.24, 2.45) is 4.99 Å². The Morgan fingerprint density at radius 2 is 2.00 bits per heavy atom. The molecule has 1 aromatic heterocycles. The number of hydrogen-bond donors (Lipinski definition) is 2. The van der Waals surface area contributed by atoms with Gasteiger partial charge < -0.3 is 25.0 Å². The lowest BCUT2D eigenvalue weighted by Gasteiger charge is -2.19. The number of benzene rings is 1. The molecule has 1 fully saturated rings. The Kier molecular flexibility index (Phi) is 7.75. The van der Waals surface area contributed by atoms with Gasteiger partial charge in [0.1, 0.15) is 11.5 Å². The highest BCUT2D eigenvalue weighted by atomic mass is 32.1. The van der Waals surface area contributed by atoms with Crippen LogP contribution in [0.2, 0.25) is 0 Å². The van der Waals surface area contributed by atoms with E-state index in [2.05, 4.69) is 43.0 Å². The number of rotatable bonds is 8. The van der Waals surface area contributed by atoms with Crippen LogP contribution in [0.1, 0.15) is 17.7 Å². The quantitative estimate of drug-likeness (QED) is 0.489. The largest absolute Gasteiger partial charge is 0.497 e. The zero-order valence-electron chi connectivity index (χ0n) is 18.4. The molecule has 0 spiro atoms. The summed E-state index contributed by atoms with van der Waals surface area (Å²) in [5, 5.41) is 10.0. The fourth-order valence-electron chi connectivity index (χ4n) is 3.46. The SMILES string of the molecule is CN=C(NCc1csc(N(C)C)n1)NC1CCN(Cc2cc(OC)cc(OC)c2)C1. The molecular weight excluding hydrogens is 400 g/mol. The van der Waals surface area contributed by atoms with E-state index >= 15 is 0 Å². The lowest BCUT2D eigenvalue weighted by Crippen LogP contribution is -2.44. The number of hydrogen-bond acceptors (Lipinski definition) is 7. The van der Waals surface area contributed by atoms with Crippen molar-refractivity contribution >= 4 is 22.4 Å². The second kappa shape index (κ2) is 10.5. The van der Waals surface area contributed by atoms with Gasteiger partial charge in [0.2, 0.25) is 0 Å². The van der Waals surface area contributed by atoms with E-state index < -0.39 is 0 Å². The third-order valence-electron chi connectivity index (χ3n) is 5.01. The molecule has 0 bridgehead atoms. The molecule has 1 saturated heterocycles. The van der Waals surface area contributed by atoms with Crippen molar-refractivity contribution in [3.8, 4) is 11.5 Å². The summed E-state index contributed by atoms with van der Waals surface area (Å²) in [4.78, 5) is 13.4. The van der Waals surface area contributed by atoms with Crippen molar-refractivity contribution in [1.29, 1.82) is 0 Å². The highest BCUT2D eigenvalue weighted by Crippen LogP contribution is 2.24. The molecular formula is C21H32N6O2S. The molecule has 1 aliphatic rings. The summed E-state index contributed by atoms with van der Waals surface area (Å²) in [6.45, 7) is 3.52. The smallest absolute Gasteiger partial charge is 0.191 e. The van der Waals surface area contributed by atoms with Gasteiger partial charge in [-0.1, -0.05) is 0 Å². The molecule has 0 aliphatic carbocycles. The van der Waals surface area contributed by atoms with Crippen molar-refractivity contribution in [3.63, 3.8) is 0 Å². The van der Waals surface area contributed by atoms with Crippen LogP contribution in [0, 0.1) is 0 Å². The third-order valence-corrected chi connectivity index (χ3v) is 6.07. The van der Waals surface area contributed by atoms with Gasteiger partial charge in [0, 0.05) is 58.3 Å². The number of nitrogens with one attached hydrogen (secondary N) is 2. The first-order valence-electron chi connectivity index (χ1n) is 10.0. The molecule has 0 radical (unpaired) electrons. The molecule has 2 aromatic rings. The molecule has 30 heavy (non-hydrogen) atoms. The summed E-state index contributed by atoms with van der Waals surface area (Å²) in [6.07, 6.45) is 1.07. The lowest BCUT2D eigenvalue weighted by molar-refractivity contribution is 0.321. The van der Waals surface area contributed by atoms with Crippen LogP contribution in [0.5, 0.6) is 11.5 Å². The van der Waals surface area contributed by atoms with Gasteiger partial charge in [-0.15, -0.1) is 11.3 Å². The molecule has 1 unspecified atom stereocenters. The van der Waals surface area contributed by atoms with Crippen molar-refractivity contribution in [2.45, 2.75) is 25.6 Å². The molecule has 9 heteroatoms. The number of anilines is 1. The van der Waals surface area contributed by atoms with Crippen LogP contribution < -0.4 is 25.0 Å². The summed E-state index contributed by atoms with van der Waals surface area (Å²) >= 11 is 1.65. The van der Waals surface area contributed by atoms with Crippen LogP contribution in [-0.4, -0.2) is 70.3 Å². The maximum atomic E-state index is 5.39. The summed E-state index contributed by atoms with van der Waals surface area (Å²) in [6, 6.07) is 6.40. The van der Waals surface area contributed by atoms with E-state index in [1.54, 1.807) is 32.6 Å². The highest BCUT2D eigenvalue weighted by molar-refractivity contribution is 7.13. The number of ether oxygens (including phenoxy) is 2. The minimum absolute atomic E-state index is 0.358. The third kappa shape index (κ3) is 5.99. The Bertz CT molecular complexity index is 832. The van der Waals surface area contributed by atoms with E-state index in [1.807, 2.05) is 25.1 Å². The molecule has 1 aromatic carbocycles. The minimum atomic E-state index is 0.358. The van der Waals surface area contributed by atoms with Gasteiger partial charge in [0.25, 0.3) is 0 Å². The van der Waals surface area contributed by atoms with E-state index in [0.29, 0.717) is 12.6 Å². The van der Waals surface area contributed by atoms with E-state index in [1.165, 1.54) is 5.56 Å². The number of thiazole rings is 1. The van der Waals surface area contributed by atoms with Crippen LogP contribution in [-0.2, 0) is 13.1 Å². The number of aliphatic imine (C=N–C) groups is 1. The van der Waals surface area contributed by atoms with Crippen molar-refractivity contribution in [1.82, 2.24) is 20.5 Å². The zero-order chi connectivity index (χ0) is 21.5. The van der Waals surface area contributed by atoms with Gasteiger partial charge in [0.15, 0.2) is 11.1 Å². The first-order valence-corrected chi connectivity index (χ1v) is 10.9. The van der Waals surface area contributed by atoms with Gasteiger partial charge in [-0.3, -0.25) is 9.89 Å². The lowest BCUT2D eigenvalue weighted by atomic mass is 10.2. The van der Waals surface area contributed by atoms with Crippen LogP contribution in [0.25, 0.3) is 0 Å². The standard InChI is InChI=1S/C21H32N6O2S/c1-22-20(23-11-17-14-30-21(25-17)26(2)3)24-16-6-7-27(13-16)12-15-8-18(28-4)10-19(9-15)29-5/h8-10,14,16H,6-7,11-13H2,1-5H3,(H2,22,23,24). The molecule has 1 aliphatic heterocycles. The van der Waals surface area contributed by atoms with Crippen molar-refractivity contribution in [3.05, 3.63) is 34.8 Å². The number of guanidine groups is 1. The predicted octanol–water partition coefficient (Wildman–Crippen LogP) is 2.17. The minimum Gasteiger partial charge on any atom is -0.497 e. The van der Waals surface area contributed by atoms with E-state index in [9.17, 15) is 0 Å². The Morgan fingerprint density at radius 1 is 1.27 bits per heavy atom. The summed E-state index contributed by atoms with van der Waals surface area (Å²) in [5.74, 6) is 2.45. The molecule has 164 valence electrons. The van der Waals surface area contributed by atoms with Gasteiger partial charge in [-0.2, -0.15) is 0 Å². The summed E-state index contributed by atoms with van der Waals surface area (Å²) in [5.41, 5.74) is 2.21. The van der Waals surface area contributed by atoms with Crippen LogP contribution >= 0.6 is 11.3 Å². The maximum Gasteiger partial charge on any atom is 0.191 e. The number of likely N-dealkylation sites (tertiary alicyclic amines) is 1.